The van der Waals surface area contributed by atoms with E-state index in [-0.39, 0.29) is 15.3 Å². The maximum Gasteiger partial charge on any atom is 0.409 e. The number of amides is 1. The number of fused-ring (bicyclic) bond motifs is 4. The van der Waals surface area contributed by atoms with Crippen molar-refractivity contribution < 1.29 is 19.0 Å². The average Bonchev–Trinajstić information content (AvgIpc) is 3.39. The van der Waals surface area contributed by atoms with Crippen molar-refractivity contribution in [3.05, 3.63) is 50.2 Å². The van der Waals surface area contributed by atoms with E-state index in [9.17, 15) is 19.6 Å². The zero-order valence-electron chi connectivity index (χ0n) is 16.8. The van der Waals surface area contributed by atoms with E-state index in [1.165, 1.54) is 17.8 Å². The molecule has 2 aromatic carbocycles. The summed E-state index contributed by atoms with van der Waals surface area (Å²) in [4.78, 5) is 16.0. The van der Waals surface area contributed by atoms with Crippen LogP contribution in [-0.4, -0.2) is 22.4 Å². The van der Waals surface area contributed by atoms with Gasteiger partial charge >= 0.3 is 6.09 Å². The van der Waals surface area contributed by atoms with Crippen LogP contribution in [0.4, 0.5) is 14.2 Å². The Hall–Kier alpha value is -2.42. The molecule has 0 spiro atoms. The molecule has 0 fully saturated rings. The van der Waals surface area contributed by atoms with Gasteiger partial charge in [0.2, 0.25) is 0 Å². The molecule has 11 heteroatoms. The maximum atomic E-state index is 14.8. The van der Waals surface area contributed by atoms with Crippen LogP contribution in [0.5, 0.6) is 0 Å². The number of carboxylic acid groups (broad SMARTS) is 1. The van der Waals surface area contributed by atoms with Gasteiger partial charge in [-0.25, -0.2) is 14.2 Å². The number of nitriles is 1. The monoisotopic (exact) mass is 563 g/mol. The van der Waals surface area contributed by atoms with Gasteiger partial charge in [0.15, 0.2) is 0 Å². The Morgan fingerprint density at radius 1 is 1.39 bits per heavy atom. The molecule has 0 atom stereocenters. The van der Waals surface area contributed by atoms with Crippen LogP contribution in [-0.2, 0) is 18.0 Å². The van der Waals surface area contributed by atoms with E-state index in [1.807, 2.05) is 18.4 Å². The number of nitrogens with zero attached hydrogens (tertiary/aromatic N) is 2. The van der Waals surface area contributed by atoms with Crippen LogP contribution in [0.3, 0.4) is 0 Å². The molecule has 0 saturated heterocycles. The second-order valence-corrected chi connectivity index (χ2v) is 10.2. The molecule has 5 rings (SSSR count). The number of thioether (sulfide) groups is 1. The lowest BCUT2D eigenvalue weighted by Crippen LogP contribution is -2.06. The number of nitrogens with one attached hydrogen (secondary N) is 1. The van der Waals surface area contributed by atoms with E-state index in [4.69, 9.17) is 21.3 Å². The fourth-order valence-corrected chi connectivity index (χ4v) is 6.76. The van der Waals surface area contributed by atoms with Gasteiger partial charge in [-0.3, -0.25) is 5.32 Å². The molecule has 166 valence electrons. The number of pyridine rings is 1. The van der Waals surface area contributed by atoms with Gasteiger partial charge in [-0.15, -0.1) is 23.1 Å². The van der Waals surface area contributed by atoms with Crippen LogP contribution in [0.25, 0.3) is 32.1 Å². The van der Waals surface area contributed by atoms with Crippen LogP contribution in [0.15, 0.2) is 27.7 Å². The van der Waals surface area contributed by atoms with Gasteiger partial charge in [0.25, 0.3) is 0 Å². The summed E-state index contributed by atoms with van der Waals surface area (Å²) in [5.74, 6) is -0.552. The molecule has 2 N–H and O–H groups in total. The molecule has 1 aliphatic heterocycles. The molecule has 0 unspecified atom stereocenters. The Bertz CT molecular complexity index is 1550. The van der Waals surface area contributed by atoms with Crippen LogP contribution < -0.4 is 5.32 Å². The molecule has 0 bridgehead atoms. The fourth-order valence-electron chi connectivity index (χ4n) is 4.12. The summed E-state index contributed by atoms with van der Waals surface area (Å²) in [6, 6.07) is 6.82. The van der Waals surface area contributed by atoms with Crippen LogP contribution in [0.1, 0.15) is 16.7 Å². The van der Waals surface area contributed by atoms with Crippen molar-refractivity contribution in [1.29, 1.82) is 5.26 Å². The highest BCUT2D eigenvalue weighted by Crippen LogP contribution is 2.49. The SMILES string of the molecule is CSc1cc(Br)c2c3c(c(-c4ccc(F)c5sc(NC(=O)O)c(C#N)c45)c(Cl)c2n1)COC3. The third kappa shape index (κ3) is 3.47. The van der Waals surface area contributed by atoms with E-state index in [0.29, 0.717) is 40.3 Å². The number of thiophene rings is 1. The highest BCUT2D eigenvalue weighted by molar-refractivity contribution is 9.10. The quantitative estimate of drug-likeness (QED) is 0.252. The number of ether oxygens (including phenoxy) is 1. The molecule has 0 saturated carbocycles. The van der Waals surface area contributed by atoms with Gasteiger partial charge in [-0.1, -0.05) is 17.7 Å². The first-order valence-electron chi connectivity index (χ1n) is 9.46. The van der Waals surface area contributed by atoms with Gasteiger partial charge in [0, 0.05) is 20.8 Å². The normalized spacial score (nSPS) is 12.8. The second-order valence-electron chi connectivity index (χ2n) is 7.16. The van der Waals surface area contributed by atoms with Crippen molar-refractivity contribution in [3.63, 3.8) is 0 Å². The smallest absolute Gasteiger partial charge is 0.409 e. The molecular formula is C22H12BrClFN3O3S2. The number of carbonyl (C=O) groups is 1. The Kier molecular flexibility index (Phi) is 5.71. The van der Waals surface area contributed by atoms with Crippen molar-refractivity contribution >= 4 is 82.7 Å². The minimum atomic E-state index is -1.34. The van der Waals surface area contributed by atoms with Gasteiger partial charge in [0.1, 0.15) is 16.9 Å². The number of anilines is 1. The minimum absolute atomic E-state index is 0.0442. The molecule has 2 aromatic heterocycles. The van der Waals surface area contributed by atoms with E-state index in [2.05, 4.69) is 21.2 Å². The van der Waals surface area contributed by atoms with Gasteiger partial charge < -0.3 is 9.84 Å². The van der Waals surface area contributed by atoms with E-state index < -0.39 is 11.9 Å². The fraction of sp³-hybridized carbons (Fsp3) is 0.136. The van der Waals surface area contributed by atoms with E-state index >= 15 is 0 Å². The van der Waals surface area contributed by atoms with Crippen molar-refractivity contribution in [3.8, 4) is 17.2 Å². The molecule has 0 aliphatic carbocycles. The maximum absolute atomic E-state index is 14.8. The van der Waals surface area contributed by atoms with Crippen LogP contribution >= 0.6 is 50.6 Å². The number of hydrogen-bond donors (Lipinski definition) is 2. The Labute approximate surface area is 208 Å². The lowest BCUT2D eigenvalue weighted by Gasteiger charge is -2.17. The molecule has 6 nitrogen and oxygen atoms in total. The first-order valence-corrected chi connectivity index (χ1v) is 12.7. The molecule has 1 aliphatic rings. The van der Waals surface area contributed by atoms with Crippen molar-refractivity contribution in [2.45, 2.75) is 18.2 Å². The Morgan fingerprint density at radius 3 is 2.85 bits per heavy atom. The summed E-state index contributed by atoms with van der Waals surface area (Å²) >= 11 is 12.9. The predicted molar refractivity (Wildman–Crippen MR) is 132 cm³/mol. The number of halogens is 3. The molecule has 4 aromatic rings. The van der Waals surface area contributed by atoms with Crippen molar-refractivity contribution in [2.24, 2.45) is 0 Å². The zero-order valence-corrected chi connectivity index (χ0v) is 20.7. The van der Waals surface area contributed by atoms with E-state index in [1.54, 1.807) is 6.07 Å². The molecule has 1 amide bonds. The van der Waals surface area contributed by atoms with Crippen molar-refractivity contribution in [2.75, 3.05) is 11.6 Å². The standard InChI is InChI=1S/C22H12BrClFN3O3S2/c1-32-14-4-12(23)17-11-7-31-6-10(11)15(18(24)19(17)27-14)8-2-3-13(25)20-16(8)9(5-26)21(33-20)28-22(29)30/h2-4,28H,6-7H2,1H3,(H,29,30). The summed E-state index contributed by atoms with van der Waals surface area (Å²) in [5.41, 5.74) is 3.51. The lowest BCUT2D eigenvalue weighted by molar-refractivity contribution is 0.135. The van der Waals surface area contributed by atoms with Crippen LogP contribution in [0.2, 0.25) is 5.02 Å². The largest absolute Gasteiger partial charge is 0.465 e. The number of aromatic nitrogens is 1. The summed E-state index contributed by atoms with van der Waals surface area (Å²) in [7, 11) is 0. The molecule has 0 radical (unpaired) electrons. The average molecular weight is 565 g/mol. The van der Waals surface area contributed by atoms with Crippen LogP contribution in [0, 0.1) is 17.1 Å². The highest BCUT2D eigenvalue weighted by atomic mass is 79.9. The van der Waals surface area contributed by atoms with Gasteiger partial charge in [-0.2, -0.15) is 5.26 Å². The van der Waals surface area contributed by atoms with Gasteiger partial charge in [-0.05, 0) is 51.0 Å². The third-order valence-corrected chi connectivity index (χ3v) is 8.17. The zero-order chi connectivity index (χ0) is 23.4. The molecular weight excluding hydrogens is 553 g/mol. The van der Waals surface area contributed by atoms with Crippen molar-refractivity contribution in [1.82, 2.24) is 4.98 Å². The number of hydrogen-bond acceptors (Lipinski definition) is 6. The summed E-state index contributed by atoms with van der Waals surface area (Å²) in [6.07, 6.45) is 0.577. The summed E-state index contributed by atoms with van der Waals surface area (Å²) < 4.78 is 21.6. The minimum Gasteiger partial charge on any atom is -0.465 e. The lowest BCUT2D eigenvalue weighted by atomic mass is 9.91. The number of rotatable bonds is 3. The Balaban J connectivity index is 1.93. The van der Waals surface area contributed by atoms with E-state index in [0.717, 1.165) is 37.3 Å². The Morgan fingerprint density at radius 2 is 2.15 bits per heavy atom. The second kappa shape index (κ2) is 8.42. The predicted octanol–water partition coefficient (Wildman–Crippen LogP) is 7.39. The molecule has 3 heterocycles. The first-order chi connectivity index (χ1) is 15.8. The topological polar surface area (TPSA) is 95.2 Å². The first kappa shape index (κ1) is 22.4. The molecule has 33 heavy (non-hydrogen) atoms. The summed E-state index contributed by atoms with van der Waals surface area (Å²) in [6.45, 7) is 0.655. The van der Waals surface area contributed by atoms with Gasteiger partial charge in [0.05, 0.1) is 39.0 Å². The third-order valence-electron chi connectivity index (χ3n) is 5.44. The highest BCUT2D eigenvalue weighted by Gasteiger charge is 2.29. The summed E-state index contributed by atoms with van der Waals surface area (Å²) in [5, 5.41) is 23.6. The number of benzene rings is 2.